The van der Waals surface area contributed by atoms with Gasteiger partial charge in [-0.1, -0.05) is 12.1 Å². The second kappa shape index (κ2) is 9.32. The van der Waals surface area contributed by atoms with Gasteiger partial charge < -0.3 is 14.4 Å². The van der Waals surface area contributed by atoms with Crippen molar-refractivity contribution in [1.29, 1.82) is 0 Å². The minimum atomic E-state index is 0.163. The zero-order chi connectivity index (χ0) is 17.5. The lowest BCUT2D eigenvalue weighted by molar-refractivity contribution is 0.0332. The topological polar surface area (TPSA) is 42.0 Å². The lowest BCUT2D eigenvalue weighted by Gasteiger charge is -2.34. The Labute approximate surface area is 150 Å². The highest BCUT2D eigenvalue weighted by Gasteiger charge is 2.24. The molecule has 138 valence electrons. The monoisotopic (exact) mass is 346 g/mol. The van der Waals surface area contributed by atoms with Gasteiger partial charge in [0.25, 0.3) is 5.91 Å². The number of hydrogen-bond acceptors (Lipinski definition) is 4. The predicted molar refractivity (Wildman–Crippen MR) is 97.7 cm³/mol. The zero-order valence-electron chi connectivity index (χ0n) is 15.3. The van der Waals surface area contributed by atoms with Crippen LogP contribution in [0, 0.1) is 5.92 Å². The first kappa shape index (κ1) is 18.4. The summed E-state index contributed by atoms with van der Waals surface area (Å²) in [7, 11) is 1.68. The van der Waals surface area contributed by atoms with Crippen LogP contribution < -0.4 is 0 Å². The minimum absolute atomic E-state index is 0.163. The average Bonchev–Trinajstić information content (AvgIpc) is 2.68. The number of ether oxygens (including phenoxy) is 2. The standard InChI is InChI=1S/C20H30N2O3/c1-24-16-18-2-4-19(5-3-18)20(23)22-10-7-17(8-11-22)6-9-21-12-14-25-15-13-21/h2-5,17H,6-16H2,1H3. The maximum absolute atomic E-state index is 12.7. The van der Waals surface area contributed by atoms with Gasteiger partial charge in [0, 0.05) is 38.9 Å². The van der Waals surface area contributed by atoms with E-state index in [1.54, 1.807) is 7.11 Å². The van der Waals surface area contributed by atoms with E-state index in [-0.39, 0.29) is 5.91 Å². The highest BCUT2D eigenvalue weighted by atomic mass is 16.5. The molecule has 1 aromatic rings. The molecule has 5 heteroatoms. The van der Waals surface area contributed by atoms with E-state index in [1.807, 2.05) is 29.2 Å². The number of morpholine rings is 1. The van der Waals surface area contributed by atoms with Gasteiger partial charge in [-0.2, -0.15) is 0 Å². The van der Waals surface area contributed by atoms with Crippen LogP contribution in [0.3, 0.4) is 0 Å². The quantitative estimate of drug-likeness (QED) is 0.793. The normalized spacial score (nSPS) is 20.0. The van der Waals surface area contributed by atoms with Crippen LogP contribution in [-0.2, 0) is 16.1 Å². The molecule has 25 heavy (non-hydrogen) atoms. The molecular formula is C20H30N2O3. The van der Waals surface area contributed by atoms with E-state index in [9.17, 15) is 4.79 Å². The van der Waals surface area contributed by atoms with Crippen LogP contribution in [0.4, 0.5) is 0 Å². The maximum Gasteiger partial charge on any atom is 0.253 e. The smallest absolute Gasteiger partial charge is 0.253 e. The maximum atomic E-state index is 12.7. The van der Waals surface area contributed by atoms with Crippen molar-refractivity contribution in [2.24, 2.45) is 5.92 Å². The molecule has 2 aliphatic rings. The van der Waals surface area contributed by atoms with Crippen molar-refractivity contribution in [3.05, 3.63) is 35.4 Å². The molecule has 2 saturated heterocycles. The van der Waals surface area contributed by atoms with Gasteiger partial charge >= 0.3 is 0 Å². The molecule has 0 saturated carbocycles. The molecule has 0 spiro atoms. The van der Waals surface area contributed by atoms with E-state index < -0.39 is 0 Å². The molecule has 2 heterocycles. The second-order valence-corrected chi connectivity index (χ2v) is 7.11. The molecule has 0 aliphatic carbocycles. The largest absolute Gasteiger partial charge is 0.380 e. The average molecular weight is 346 g/mol. The van der Waals surface area contributed by atoms with Crippen LogP contribution in [-0.4, -0.2) is 68.8 Å². The summed E-state index contributed by atoms with van der Waals surface area (Å²) in [5.41, 5.74) is 1.88. The minimum Gasteiger partial charge on any atom is -0.380 e. The van der Waals surface area contributed by atoms with Gasteiger partial charge in [-0.15, -0.1) is 0 Å². The first-order valence-corrected chi connectivity index (χ1v) is 9.43. The Kier molecular flexibility index (Phi) is 6.84. The number of nitrogens with zero attached hydrogens (tertiary/aromatic N) is 2. The van der Waals surface area contributed by atoms with Crippen LogP contribution in [0.2, 0.25) is 0 Å². The van der Waals surface area contributed by atoms with E-state index in [4.69, 9.17) is 9.47 Å². The number of benzene rings is 1. The first-order valence-electron chi connectivity index (χ1n) is 9.43. The molecule has 5 nitrogen and oxygen atoms in total. The van der Waals surface area contributed by atoms with Gasteiger partial charge in [0.1, 0.15) is 0 Å². The van der Waals surface area contributed by atoms with E-state index in [0.717, 1.165) is 69.3 Å². The molecule has 1 aromatic carbocycles. The summed E-state index contributed by atoms with van der Waals surface area (Å²) in [6, 6.07) is 7.79. The Balaban J connectivity index is 1.42. The van der Waals surface area contributed by atoms with Crippen molar-refractivity contribution in [1.82, 2.24) is 9.80 Å². The molecule has 0 bridgehead atoms. The van der Waals surface area contributed by atoms with Crippen molar-refractivity contribution < 1.29 is 14.3 Å². The van der Waals surface area contributed by atoms with Crippen LogP contribution >= 0.6 is 0 Å². The molecule has 0 unspecified atom stereocenters. The van der Waals surface area contributed by atoms with Gasteiger partial charge in [0.2, 0.25) is 0 Å². The van der Waals surface area contributed by atoms with Crippen LogP contribution in [0.15, 0.2) is 24.3 Å². The van der Waals surface area contributed by atoms with Crippen molar-refractivity contribution in [3.8, 4) is 0 Å². The second-order valence-electron chi connectivity index (χ2n) is 7.11. The van der Waals surface area contributed by atoms with Crippen molar-refractivity contribution in [2.45, 2.75) is 25.9 Å². The SMILES string of the molecule is COCc1ccc(C(=O)N2CCC(CCN3CCOCC3)CC2)cc1. The third kappa shape index (κ3) is 5.27. The Morgan fingerprint density at radius 3 is 2.44 bits per heavy atom. The molecule has 0 atom stereocenters. The highest BCUT2D eigenvalue weighted by Crippen LogP contribution is 2.22. The summed E-state index contributed by atoms with van der Waals surface area (Å²) in [5.74, 6) is 0.909. The Bertz CT molecular complexity index is 532. The van der Waals surface area contributed by atoms with Crippen molar-refractivity contribution in [3.63, 3.8) is 0 Å². The molecule has 2 aliphatic heterocycles. The fraction of sp³-hybridized carbons (Fsp3) is 0.650. The number of rotatable bonds is 6. The Morgan fingerprint density at radius 1 is 1.12 bits per heavy atom. The number of carbonyl (C=O) groups is 1. The summed E-state index contributed by atoms with van der Waals surface area (Å²) in [6.45, 7) is 7.39. The summed E-state index contributed by atoms with van der Waals surface area (Å²) in [6.07, 6.45) is 3.49. The van der Waals surface area contributed by atoms with Gasteiger partial charge in [-0.3, -0.25) is 9.69 Å². The van der Waals surface area contributed by atoms with E-state index in [1.165, 1.54) is 13.0 Å². The third-order valence-electron chi connectivity index (χ3n) is 5.37. The van der Waals surface area contributed by atoms with E-state index in [0.29, 0.717) is 6.61 Å². The fourth-order valence-corrected chi connectivity index (χ4v) is 3.71. The number of amides is 1. The summed E-state index contributed by atoms with van der Waals surface area (Å²) < 4.78 is 10.5. The third-order valence-corrected chi connectivity index (χ3v) is 5.37. The van der Waals surface area contributed by atoms with Gasteiger partial charge in [0.15, 0.2) is 0 Å². The molecule has 0 radical (unpaired) electrons. The van der Waals surface area contributed by atoms with Crippen LogP contribution in [0.25, 0.3) is 0 Å². The molecule has 1 amide bonds. The highest BCUT2D eigenvalue weighted by molar-refractivity contribution is 5.94. The van der Waals surface area contributed by atoms with Crippen molar-refractivity contribution >= 4 is 5.91 Å². The van der Waals surface area contributed by atoms with E-state index >= 15 is 0 Å². The number of piperidine rings is 1. The van der Waals surface area contributed by atoms with Gasteiger partial charge in [0.05, 0.1) is 19.8 Å². The summed E-state index contributed by atoms with van der Waals surface area (Å²) in [4.78, 5) is 17.2. The first-order chi connectivity index (χ1) is 12.3. The van der Waals surface area contributed by atoms with E-state index in [2.05, 4.69) is 4.90 Å². The number of hydrogen-bond donors (Lipinski definition) is 0. The van der Waals surface area contributed by atoms with Gasteiger partial charge in [-0.25, -0.2) is 0 Å². The molecule has 3 rings (SSSR count). The van der Waals surface area contributed by atoms with Crippen LogP contribution in [0.5, 0.6) is 0 Å². The van der Waals surface area contributed by atoms with Crippen molar-refractivity contribution in [2.75, 3.05) is 53.0 Å². The Morgan fingerprint density at radius 2 is 1.80 bits per heavy atom. The Hall–Kier alpha value is -1.43. The van der Waals surface area contributed by atoms with Gasteiger partial charge in [-0.05, 0) is 49.4 Å². The number of carbonyl (C=O) groups excluding carboxylic acids is 1. The molecule has 2 fully saturated rings. The lowest BCUT2D eigenvalue weighted by atomic mass is 9.93. The number of likely N-dealkylation sites (tertiary alicyclic amines) is 1. The number of methoxy groups -OCH3 is 1. The molecule has 0 N–H and O–H groups in total. The predicted octanol–water partition coefficient (Wildman–Crippen LogP) is 2.41. The summed E-state index contributed by atoms with van der Waals surface area (Å²) in [5, 5.41) is 0. The molecular weight excluding hydrogens is 316 g/mol. The van der Waals surface area contributed by atoms with Crippen LogP contribution in [0.1, 0.15) is 35.2 Å². The molecule has 0 aromatic heterocycles. The summed E-state index contributed by atoms with van der Waals surface area (Å²) >= 11 is 0. The fourth-order valence-electron chi connectivity index (χ4n) is 3.71. The zero-order valence-corrected chi connectivity index (χ0v) is 15.3. The lowest BCUT2D eigenvalue weighted by Crippen LogP contribution is -2.40.